The van der Waals surface area contributed by atoms with Crippen molar-refractivity contribution in [3.8, 4) is 0 Å². The third-order valence-electron chi connectivity index (χ3n) is 3.90. The molecule has 1 aromatic carbocycles. The van der Waals surface area contributed by atoms with Crippen LogP contribution < -0.4 is 5.69 Å². The average molecular weight is 285 g/mol. The van der Waals surface area contributed by atoms with E-state index < -0.39 is 0 Å². The number of ketones is 1. The molecule has 0 N–H and O–H groups in total. The van der Waals surface area contributed by atoms with Crippen molar-refractivity contribution < 1.29 is 4.79 Å². The molecule has 0 saturated carbocycles. The van der Waals surface area contributed by atoms with Crippen LogP contribution >= 0.6 is 0 Å². The van der Waals surface area contributed by atoms with Crippen LogP contribution in [0.3, 0.4) is 0 Å². The van der Waals surface area contributed by atoms with Crippen molar-refractivity contribution in [2.75, 3.05) is 0 Å². The summed E-state index contributed by atoms with van der Waals surface area (Å²) in [6, 6.07) is 9.27. The summed E-state index contributed by atoms with van der Waals surface area (Å²) in [5.41, 5.74) is 0.700. The lowest BCUT2D eigenvalue weighted by molar-refractivity contribution is 0.0978. The van der Waals surface area contributed by atoms with E-state index in [1.165, 1.54) is 4.68 Å². The lowest BCUT2D eigenvalue weighted by Gasteiger charge is -2.09. The van der Waals surface area contributed by atoms with Crippen molar-refractivity contribution in [3.05, 3.63) is 52.2 Å². The summed E-state index contributed by atoms with van der Waals surface area (Å²) in [5.74, 6) is 1.01. The van der Waals surface area contributed by atoms with Gasteiger partial charge in [-0.2, -0.15) is 5.10 Å². The first-order valence-electron chi connectivity index (χ1n) is 7.50. The van der Waals surface area contributed by atoms with Crippen molar-refractivity contribution in [2.24, 2.45) is 0 Å². The Bertz CT molecular complexity index is 685. The SMILES string of the molecule is O=C(CCCn1nc2n(c1=O)CCCC2)c1ccccc1. The smallest absolute Gasteiger partial charge is 0.294 e. The zero-order valence-electron chi connectivity index (χ0n) is 12.0. The quantitative estimate of drug-likeness (QED) is 0.790. The van der Waals surface area contributed by atoms with E-state index in [0.29, 0.717) is 19.4 Å². The number of rotatable bonds is 5. The van der Waals surface area contributed by atoms with Crippen LogP contribution in [0.4, 0.5) is 0 Å². The lowest BCUT2D eigenvalue weighted by Crippen LogP contribution is -2.27. The predicted octanol–water partition coefficient (Wildman–Crippen LogP) is 2.04. The van der Waals surface area contributed by atoms with Crippen LogP contribution in [0, 0.1) is 0 Å². The third-order valence-corrected chi connectivity index (χ3v) is 3.90. The Balaban J connectivity index is 1.60. The first-order chi connectivity index (χ1) is 10.3. The van der Waals surface area contributed by atoms with Crippen molar-refractivity contribution in [1.29, 1.82) is 0 Å². The number of aryl methyl sites for hydroxylation is 2. The van der Waals surface area contributed by atoms with E-state index in [-0.39, 0.29) is 11.5 Å². The Kier molecular flexibility index (Phi) is 3.99. The molecular weight excluding hydrogens is 266 g/mol. The Morgan fingerprint density at radius 2 is 2.00 bits per heavy atom. The largest absolute Gasteiger partial charge is 0.345 e. The van der Waals surface area contributed by atoms with Crippen LogP contribution in [-0.4, -0.2) is 20.1 Å². The molecule has 0 saturated heterocycles. The molecule has 3 rings (SSSR count). The molecule has 0 amide bonds. The highest BCUT2D eigenvalue weighted by atomic mass is 16.2. The van der Waals surface area contributed by atoms with E-state index in [9.17, 15) is 9.59 Å². The molecule has 0 radical (unpaired) electrons. The highest BCUT2D eigenvalue weighted by molar-refractivity contribution is 5.95. The molecule has 0 fully saturated rings. The van der Waals surface area contributed by atoms with Crippen LogP contribution in [-0.2, 0) is 19.5 Å². The highest BCUT2D eigenvalue weighted by Crippen LogP contribution is 2.10. The van der Waals surface area contributed by atoms with Crippen molar-refractivity contribution >= 4 is 5.78 Å². The van der Waals surface area contributed by atoms with Gasteiger partial charge in [0.2, 0.25) is 0 Å². The summed E-state index contributed by atoms with van der Waals surface area (Å²) in [7, 11) is 0. The summed E-state index contributed by atoms with van der Waals surface area (Å²) in [6.45, 7) is 1.29. The standard InChI is InChI=1S/C16H19N3O2/c20-14(13-7-2-1-3-8-13)9-6-12-19-16(21)18-11-5-4-10-15(18)17-19/h1-3,7-8H,4-6,9-12H2. The monoisotopic (exact) mass is 285 g/mol. The maximum absolute atomic E-state index is 12.1. The molecule has 2 heterocycles. The third kappa shape index (κ3) is 2.96. The Labute approximate surface area is 123 Å². The molecule has 5 heteroatoms. The average Bonchev–Trinajstić information content (AvgIpc) is 2.85. The molecule has 1 aromatic heterocycles. The Morgan fingerprint density at radius 1 is 1.19 bits per heavy atom. The number of benzene rings is 1. The molecule has 0 bridgehead atoms. The first-order valence-corrected chi connectivity index (χ1v) is 7.50. The summed E-state index contributed by atoms with van der Waals surface area (Å²) >= 11 is 0. The van der Waals surface area contributed by atoms with Gasteiger partial charge in [-0.1, -0.05) is 30.3 Å². The van der Waals surface area contributed by atoms with Gasteiger partial charge < -0.3 is 0 Å². The molecule has 0 atom stereocenters. The van der Waals surface area contributed by atoms with Crippen molar-refractivity contribution in [2.45, 2.75) is 45.2 Å². The Hall–Kier alpha value is -2.17. The minimum Gasteiger partial charge on any atom is -0.294 e. The number of carbonyl (C=O) groups is 1. The van der Waals surface area contributed by atoms with Crippen LogP contribution in [0.25, 0.3) is 0 Å². The van der Waals surface area contributed by atoms with Crippen molar-refractivity contribution in [1.82, 2.24) is 14.3 Å². The number of carbonyl (C=O) groups excluding carboxylic acids is 1. The van der Waals surface area contributed by atoms with Crippen LogP contribution in [0.15, 0.2) is 35.1 Å². The maximum atomic E-state index is 12.1. The van der Waals surface area contributed by atoms with Gasteiger partial charge >= 0.3 is 5.69 Å². The van der Waals surface area contributed by atoms with Crippen LogP contribution in [0.5, 0.6) is 0 Å². The number of Topliss-reactive ketones (excluding diaryl/α,β-unsaturated/α-hetero) is 1. The van der Waals surface area contributed by atoms with E-state index >= 15 is 0 Å². The van der Waals surface area contributed by atoms with Gasteiger partial charge in [-0.25, -0.2) is 9.48 Å². The second-order valence-corrected chi connectivity index (χ2v) is 5.42. The molecule has 2 aromatic rings. The molecule has 0 aliphatic carbocycles. The lowest BCUT2D eigenvalue weighted by atomic mass is 10.1. The minimum atomic E-state index is -0.0307. The highest BCUT2D eigenvalue weighted by Gasteiger charge is 2.16. The van der Waals surface area contributed by atoms with Gasteiger partial charge in [-0.05, 0) is 19.3 Å². The molecule has 110 valence electrons. The van der Waals surface area contributed by atoms with Crippen LogP contribution in [0.1, 0.15) is 41.9 Å². The molecule has 1 aliphatic rings. The van der Waals surface area contributed by atoms with Gasteiger partial charge in [0, 0.05) is 31.5 Å². The summed E-state index contributed by atoms with van der Waals surface area (Å²) in [5, 5.41) is 4.38. The van der Waals surface area contributed by atoms with Gasteiger partial charge in [0.15, 0.2) is 5.78 Å². The van der Waals surface area contributed by atoms with Gasteiger partial charge in [0.1, 0.15) is 5.82 Å². The van der Waals surface area contributed by atoms with Crippen LogP contribution in [0.2, 0.25) is 0 Å². The van der Waals surface area contributed by atoms with Gasteiger partial charge in [0.25, 0.3) is 0 Å². The fourth-order valence-electron chi connectivity index (χ4n) is 2.75. The van der Waals surface area contributed by atoms with E-state index in [1.54, 1.807) is 4.57 Å². The molecule has 1 aliphatic heterocycles. The van der Waals surface area contributed by atoms with Gasteiger partial charge in [-0.15, -0.1) is 0 Å². The molecule has 0 unspecified atom stereocenters. The van der Waals surface area contributed by atoms with Crippen molar-refractivity contribution in [3.63, 3.8) is 0 Å². The van der Waals surface area contributed by atoms with E-state index in [0.717, 1.165) is 37.2 Å². The fourth-order valence-corrected chi connectivity index (χ4v) is 2.75. The first kappa shape index (κ1) is 13.8. The second-order valence-electron chi connectivity index (χ2n) is 5.42. The summed E-state index contributed by atoms with van der Waals surface area (Å²) in [6.07, 6.45) is 4.11. The number of nitrogens with zero attached hydrogens (tertiary/aromatic N) is 3. The summed E-state index contributed by atoms with van der Waals surface area (Å²) in [4.78, 5) is 24.1. The predicted molar refractivity (Wildman–Crippen MR) is 79.4 cm³/mol. The zero-order valence-corrected chi connectivity index (χ0v) is 12.0. The van der Waals surface area contributed by atoms with E-state index in [1.807, 2.05) is 30.3 Å². The maximum Gasteiger partial charge on any atom is 0.345 e. The number of fused-ring (bicyclic) bond motifs is 1. The minimum absolute atomic E-state index is 0.0307. The molecule has 21 heavy (non-hydrogen) atoms. The van der Waals surface area contributed by atoms with Gasteiger partial charge in [0.05, 0.1) is 0 Å². The molecule has 0 spiro atoms. The molecule has 5 nitrogen and oxygen atoms in total. The number of aromatic nitrogens is 3. The van der Waals surface area contributed by atoms with E-state index in [2.05, 4.69) is 5.10 Å². The second kappa shape index (κ2) is 6.08. The Morgan fingerprint density at radius 3 is 2.76 bits per heavy atom. The topological polar surface area (TPSA) is 56.9 Å². The zero-order chi connectivity index (χ0) is 14.7. The fraction of sp³-hybridized carbons (Fsp3) is 0.438. The normalized spacial score (nSPS) is 13.9. The van der Waals surface area contributed by atoms with E-state index in [4.69, 9.17) is 0 Å². The molecular formula is C16H19N3O2. The summed E-state index contributed by atoms with van der Waals surface area (Å²) < 4.78 is 3.28. The van der Waals surface area contributed by atoms with Gasteiger partial charge in [-0.3, -0.25) is 9.36 Å². The number of hydrogen-bond donors (Lipinski definition) is 0. The number of hydrogen-bond acceptors (Lipinski definition) is 3.